The van der Waals surface area contributed by atoms with Gasteiger partial charge in [0.2, 0.25) is 11.8 Å². The molecule has 0 spiro atoms. The van der Waals surface area contributed by atoms with E-state index >= 15 is 0 Å². The topological polar surface area (TPSA) is 108 Å². The first kappa shape index (κ1) is 28.0. The van der Waals surface area contributed by atoms with E-state index in [4.69, 9.17) is 11.2 Å². The molecule has 0 radical (unpaired) electrons. The molecule has 8 nitrogen and oxygen atoms in total. The lowest BCUT2D eigenvalue weighted by atomic mass is 10.0. The highest BCUT2D eigenvalue weighted by Gasteiger charge is 2.34. The molecular weight excluding hydrogens is 422 g/mol. The Kier molecular flexibility index (Phi) is 11.4. The molecule has 2 atom stereocenters. The third-order valence-corrected chi connectivity index (χ3v) is 4.76. The molecule has 0 saturated carbocycles. The molecule has 0 bridgehead atoms. The van der Waals surface area contributed by atoms with Crippen LogP contribution < -0.4 is 10.6 Å². The number of aliphatic hydroxyl groups excluding tert-OH is 1. The Balaban J connectivity index is 3.18. The first-order valence-corrected chi connectivity index (χ1v) is 11.3. The van der Waals surface area contributed by atoms with Crippen molar-refractivity contribution in [3.8, 4) is 12.3 Å². The highest BCUT2D eigenvalue weighted by Crippen LogP contribution is 2.23. The van der Waals surface area contributed by atoms with Crippen molar-refractivity contribution in [1.82, 2.24) is 15.5 Å². The Bertz CT molecular complexity index is 824. The molecule has 1 aromatic rings. The number of carbonyl (C=O) groups excluding carboxylic acids is 3. The summed E-state index contributed by atoms with van der Waals surface area (Å²) in [5.74, 6) is 1.63. The van der Waals surface area contributed by atoms with Crippen molar-refractivity contribution < 1.29 is 24.2 Å². The fourth-order valence-corrected chi connectivity index (χ4v) is 3.19. The zero-order valence-corrected chi connectivity index (χ0v) is 20.3. The second-order valence-corrected chi connectivity index (χ2v) is 8.79. The van der Waals surface area contributed by atoms with Crippen LogP contribution in [0.4, 0.5) is 4.79 Å². The van der Waals surface area contributed by atoms with Gasteiger partial charge in [-0.3, -0.25) is 9.59 Å². The summed E-state index contributed by atoms with van der Waals surface area (Å²) >= 11 is 0. The zero-order chi connectivity index (χ0) is 25.0. The number of amides is 3. The molecular formula is C25H37N3O5. The largest absolute Gasteiger partial charge is 0.444 e. The van der Waals surface area contributed by atoms with E-state index in [1.165, 1.54) is 11.8 Å². The molecule has 0 aromatic heterocycles. The van der Waals surface area contributed by atoms with E-state index in [2.05, 4.69) is 23.5 Å². The summed E-state index contributed by atoms with van der Waals surface area (Å²) in [4.78, 5) is 39.9. The Labute approximate surface area is 197 Å². The maximum absolute atomic E-state index is 13.3. The summed E-state index contributed by atoms with van der Waals surface area (Å²) in [6.07, 6.45) is 7.49. The number of terminal acetylenes is 1. The zero-order valence-electron chi connectivity index (χ0n) is 20.3. The van der Waals surface area contributed by atoms with E-state index in [9.17, 15) is 19.5 Å². The van der Waals surface area contributed by atoms with Gasteiger partial charge in [0.1, 0.15) is 17.7 Å². The fraction of sp³-hybridized carbons (Fsp3) is 0.560. The predicted octanol–water partition coefficient (Wildman–Crippen LogP) is 2.75. The minimum Gasteiger partial charge on any atom is -0.444 e. The van der Waals surface area contributed by atoms with Crippen LogP contribution in [0, 0.1) is 12.3 Å². The number of unbranched alkanes of at least 4 members (excludes halogenated alkanes) is 2. The minimum absolute atomic E-state index is 0.0941. The van der Waals surface area contributed by atoms with Gasteiger partial charge in [0, 0.05) is 18.7 Å². The van der Waals surface area contributed by atoms with Gasteiger partial charge in [0.25, 0.3) is 0 Å². The van der Waals surface area contributed by atoms with Crippen LogP contribution in [0.5, 0.6) is 0 Å². The molecule has 3 N–H and O–H groups in total. The van der Waals surface area contributed by atoms with E-state index in [1.54, 1.807) is 45.0 Å². The standard InChI is InChI=1S/C25H37N3O5/c1-7-9-10-15-26-22(30)21(20-13-11-19(8-2)12-14-20)28(16-17-29)23(31)18(3)27-24(32)33-25(4,5)6/h2,11-14,18,21,29H,7,9-10,15-17H2,1,3-6H3,(H,26,30)(H,27,32). The highest BCUT2D eigenvalue weighted by atomic mass is 16.6. The van der Waals surface area contributed by atoms with Crippen molar-refractivity contribution in [1.29, 1.82) is 0 Å². The Morgan fingerprint density at radius 2 is 1.82 bits per heavy atom. The summed E-state index contributed by atoms with van der Waals surface area (Å²) in [6, 6.07) is 4.78. The number of hydrogen-bond acceptors (Lipinski definition) is 5. The molecule has 0 heterocycles. The molecule has 0 aliphatic rings. The number of rotatable bonds is 11. The van der Waals surface area contributed by atoms with Crippen molar-refractivity contribution in [2.45, 2.75) is 71.6 Å². The van der Waals surface area contributed by atoms with Crippen molar-refractivity contribution in [2.75, 3.05) is 19.7 Å². The lowest BCUT2D eigenvalue weighted by molar-refractivity contribution is -0.142. The van der Waals surface area contributed by atoms with E-state index in [-0.39, 0.29) is 19.1 Å². The molecule has 2 unspecified atom stereocenters. The SMILES string of the molecule is C#Cc1ccc(C(C(=O)NCCCCC)N(CCO)C(=O)C(C)NC(=O)OC(C)(C)C)cc1. The van der Waals surface area contributed by atoms with Gasteiger partial charge >= 0.3 is 6.09 Å². The van der Waals surface area contributed by atoms with Crippen molar-refractivity contribution >= 4 is 17.9 Å². The average Bonchev–Trinajstić information content (AvgIpc) is 2.75. The number of alkyl carbamates (subject to hydrolysis) is 1. The maximum atomic E-state index is 13.3. The quantitative estimate of drug-likeness (QED) is 0.348. The molecule has 0 saturated heterocycles. The van der Waals surface area contributed by atoms with Crippen LogP contribution in [0.1, 0.15) is 71.0 Å². The summed E-state index contributed by atoms with van der Waals surface area (Å²) in [7, 11) is 0. The van der Waals surface area contributed by atoms with Gasteiger partial charge in [0.05, 0.1) is 6.61 Å². The summed E-state index contributed by atoms with van der Waals surface area (Å²) in [6.45, 7) is 8.75. The normalized spacial score (nSPS) is 12.8. The van der Waals surface area contributed by atoms with E-state index in [0.29, 0.717) is 17.7 Å². The molecule has 33 heavy (non-hydrogen) atoms. The number of benzene rings is 1. The lowest BCUT2D eigenvalue weighted by Gasteiger charge is -2.33. The molecule has 0 fully saturated rings. The van der Waals surface area contributed by atoms with Crippen LogP contribution in [0.2, 0.25) is 0 Å². The minimum atomic E-state index is -0.999. The van der Waals surface area contributed by atoms with Gasteiger partial charge in [-0.25, -0.2) is 4.79 Å². The van der Waals surface area contributed by atoms with Gasteiger partial charge < -0.3 is 25.4 Å². The average molecular weight is 460 g/mol. The van der Waals surface area contributed by atoms with Crippen LogP contribution in [0.25, 0.3) is 0 Å². The third kappa shape index (κ3) is 9.54. The number of aliphatic hydroxyl groups is 1. The summed E-state index contributed by atoms with van der Waals surface area (Å²) in [5, 5.41) is 15.0. The second-order valence-electron chi connectivity index (χ2n) is 8.79. The Morgan fingerprint density at radius 1 is 1.18 bits per heavy atom. The van der Waals surface area contributed by atoms with Crippen LogP contribution in [-0.2, 0) is 14.3 Å². The number of nitrogens with zero attached hydrogens (tertiary/aromatic N) is 1. The van der Waals surface area contributed by atoms with Crippen molar-refractivity contribution in [3.63, 3.8) is 0 Å². The van der Waals surface area contributed by atoms with E-state index < -0.39 is 29.7 Å². The lowest BCUT2D eigenvalue weighted by Crippen LogP contribution is -2.52. The number of nitrogens with one attached hydrogen (secondary N) is 2. The van der Waals surface area contributed by atoms with E-state index in [1.807, 2.05) is 0 Å². The second kappa shape index (κ2) is 13.5. The molecule has 0 aliphatic carbocycles. The van der Waals surface area contributed by atoms with Crippen LogP contribution in [-0.4, -0.2) is 59.3 Å². The maximum Gasteiger partial charge on any atom is 0.408 e. The number of ether oxygens (including phenoxy) is 1. The fourth-order valence-electron chi connectivity index (χ4n) is 3.19. The number of carbonyl (C=O) groups is 3. The van der Waals surface area contributed by atoms with Gasteiger partial charge in [-0.15, -0.1) is 6.42 Å². The van der Waals surface area contributed by atoms with Gasteiger partial charge in [-0.1, -0.05) is 37.8 Å². The highest BCUT2D eigenvalue weighted by molar-refractivity contribution is 5.92. The molecule has 0 aliphatic heterocycles. The Hall–Kier alpha value is -3.05. The van der Waals surface area contributed by atoms with Crippen LogP contribution >= 0.6 is 0 Å². The van der Waals surface area contributed by atoms with Gasteiger partial charge in [-0.05, 0) is 51.8 Å². The smallest absolute Gasteiger partial charge is 0.408 e. The van der Waals surface area contributed by atoms with Crippen LogP contribution in [0.15, 0.2) is 24.3 Å². The molecule has 1 aromatic carbocycles. The Morgan fingerprint density at radius 3 is 2.33 bits per heavy atom. The molecule has 182 valence electrons. The molecule has 8 heteroatoms. The van der Waals surface area contributed by atoms with Crippen molar-refractivity contribution in [2.24, 2.45) is 0 Å². The predicted molar refractivity (Wildman–Crippen MR) is 127 cm³/mol. The summed E-state index contributed by atoms with van der Waals surface area (Å²) < 4.78 is 5.22. The molecule has 3 amide bonds. The van der Waals surface area contributed by atoms with Gasteiger partial charge in [-0.2, -0.15) is 0 Å². The molecule has 1 rings (SSSR count). The van der Waals surface area contributed by atoms with Crippen LogP contribution in [0.3, 0.4) is 0 Å². The van der Waals surface area contributed by atoms with Gasteiger partial charge in [0.15, 0.2) is 0 Å². The first-order valence-electron chi connectivity index (χ1n) is 11.3. The van der Waals surface area contributed by atoms with E-state index in [0.717, 1.165) is 19.3 Å². The number of hydrogen-bond donors (Lipinski definition) is 3. The monoisotopic (exact) mass is 459 g/mol. The summed E-state index contributed by atoms with van der Waals surface area (Å²) in [5.41, 5.74) is 0.464. The van der Waals surface area contributed by atoms with Crippen molar-refractivity contribution in [3.05, 3.63) is 35.4 Å². The first-order chi connectivity index (χ1) is 15.5. The third-order valence-electron chi connectivity index (χ3n) is 4.76.